The highest BCUT2D eigenvalue weighted by Crippen LogP contribution is 2.29. The number of benzene rings is 3. The highest BCUT2D eigenvalue weighted by molar-refractivity contribution is 7.92. The molecule has 2 amide bonds. The molecule has 40 heavy (non-hydrogen) atoms. The van der Waals surface area contributed by atoms with Gasteiger partial charge < -0.3 is 10.2 Å². The fraction of sp³-hybridized carbons (Fsp3) is 0.355. The van der Waals surface area contributed by atoms with Gasteiger partial charge in [0, 0.05) is 17.6 Å². The van der Waals surface area contributed by atoms with Gasteiger partial charge in [0.1, 0.15) is 12.6 Å². The van der Waals surface area contributed by atoms with Crippen molar-refractivity contribution in [3.8, 4) is 0 Å². The largest absolute Gasteiger partial charge is 0.352 e. The van der Waals surface area contributed by atoms with Crippen LogP contribution in [0, 0.1) is 13.8 Å². The molecule has 4 rings (SSSR count). The summed E-state index contributed by atoms with van der Waals surface area (Å²) in [6, 6.07) is 19.9. The molecule has 1 aliphatic rings. The smallest absolute Gasteiger partial charge is 0.264 e. The Morgan fingerprint density at radius 2 is 1.68 bits per heavy atom. The lowest BCUT2D eigenvalue weighted by Crippen LogP contribution is -2.52. The number of nitrogens with one attached hydrogen (secondary N) is 1. The number of carbonyl (C=O) groups is 2. The van der Waals surface area contributed by atoms with Gasteiger partial charge in [0.25, 0.3) is 10.0 Å². The van der Waals surface area contributed by atoms with Gasteiger partial charge in [0.05, 0.1) is 10.6 Å². The first kappa shape index (κ1) is 29.6. The number of carbonyl (C=O) groups excluding carboxylic acids is 2. The maximum atomic E-state index is 14.1. The van der Waals surface area contributed by atoms with Crippen LogP contribution in [0.25, 0.3) is 0 Å². The van der Waals surface area contributed by atoms with E-state index < -0.39 is 28.5 Å². The molecule has 1 aliphatic carbocycles. The molecule has 1 fully saturated rings. The Bertz CT molecular complexity index is 1460. The number of aryl methyl sites for hydroxylation is 2. The third-order valence-corrected chi connectivity index (χ3v) is 9.35. The van der Waals surface area contributed by atoms with Crippen LogP contribution >= 0.6 is 11.6 Å². The molecule has 0 heterocycles. The SMILES string of the molecule is Cc1cccc(CN(C(=O)CN(c2ccc(Cl)cc2C)S(=O)(=O)c2ccccc2)C(C)C(=O)NC2CCCC2)c1. The van der Waals surface area contributed by atoms with Crippen molar-refractivity contribution in [3.05, 3.63) is 94.5 Å². The van der Waals surface area contributed by atoms with Crippen LogP contribution in [0.2, 0.25) is 5.02 Å². The molecule has 7 nitrogen and oxygen atoms in total. The number of amides is 2. The average Bonchev–Trinajstić information content (AvgIpc) is 3.44. The molecule has 1 atom stereocenters. The number of halogens is 1. The zero-order chi connectivity index (χ0) is 28.9. The third-order valence-electron chi connectivity index (χ3n) is 7.34. The van der Waals surface area contributed by atoms with E-state index in [9.17, 15) is 18.0 Å². The van der Waals surface area contributed by atoms with Crippen molar-refractivity contribution < 1.29 is 18.0 Å². The number of anilines is 1. The fourth-order valence-electron chi connectivity index (χ4n) is 5.11. The van der Waals surface area contributed by atoms with Gasteiger partial charge >= 0.3 is 0 Å². The summed E-state index contributed by atoms with van der Waals surface area (Å²) < 4.78 is 28.9. The lowest BCUT2D eigenvalue weighted by atomic mass is 10.1. The van der Waals surface area contributed by atoms with Crippen LogP contribution in [0.5, 0.6) is 0 Å². The first-order valence-corrected chi connectivity index (χ1v) is 15.4. The summed E-state index contributed by atoms with van der Waals surface area (Å²) in [4.78, 5) is 28.9. The zero-order valence-electron chi connectivity index (χ0n) is 23.1. The van der Waals surface area contributed by atoms with E-state index in [2.05, 4.69) is 5.32 Å². The number of hydrogen-bond donors (Lipinski definition) is 1. The fourth-order valence-corrected chi connectivity index (χ4v) is 6.84. The van der Waals surface area contributed by atoms with Crippen LogP contribution in [0.3, 0.4) is 0 Å². The molecule has 1 unspecified atom stereocenters. The molecular weight excluding hydrogens is 546 g/mol. The second kappa shape index (κ2) is 12.9. The van der Waals surface area contributed by atoms with E-state index in [-0.39, 0.29) is 23.4 Å². The van der Waals surface area contributed by atoms with Crippen molar-refractivity contribution >= 4 is 39.1 Å². The van der Waals surface area contributed by atoms with Crippen LogP contribution in [0.4, 0.5) is 5.69 Å². The van der Waals surface area contributed by atoms with Crippen molar-refractivity contribution in [1.82, 2.24) is 10.2 Å². The van der Waals surface area contributed by atoms with Crippen LogP contribution in [0.1, 0.15) is 49.3 Å². The topological polar surface area (TPSA) is 86.8 Å². The summed E-state index contributed by atoms with van der Waals surface area (Å²) in [5.41, 5.74) is 2.84. The van der Waals surface area contributed by atoms with Crippen LogP contribution < -0.4 is 9.62 Å². The summed E-state index contributed by atoms with van der Waals surface area (Å²) in [6.45, 7) is 5.09. The minimum absolute atomic E-state index is 0.0643. The molecule has 9 heteroatoms. The summed E-state index contributed by atoms with van der Waals surface area (Å²) in [5, 5.41) is 3.55. The Kier molecular flexibility index (Phi) is 9.53. The maximum absolute atomic E-state index is 14.1. The van der Waals surface area contributed by atoms with Gasteiger partial charge in [0.15, 0.2) is 0 Å². The Morgan fingerprint density at radius 1 is 0.975 bits per heavy atom. The normalized spacial score (nSPS) is 14.5. The molecule has 1 N–H and O–H groups in total. The van der Waals surface area contributed by atoms with Gasteiger partial charge in [-0.3, -0.25) is 13.9 Å². The van der Waals surface area contributed by atoms with E-state index >= 15 is 0 Å². The second-order valence-corrected chi connectivity index (χ2v) is 12.7. The lowest BCUT2D eigenvalue weighted by molar-refractivity contribution is -0.139. The first-order valence-electron chi connectivity index (χ1n) is 13.6. The zero-order valence-corrected chi connectivity index (χ0v) is 24.7. The van der Waals surface area contributed by atoms with Crippen molar-refractivity contribution in [3.63, 3.8) is 0 Å². The highest BCUT2D eigenvalue weighted by Gasteiger charge is 2.33. The minimum atomic E-state index is -4.12. The van der Waals surface area contributed by atoms with Gasteiger partial charge in [-0.1, -0.05) is 72.5 Å². The first-order chi connectivity index (χ1) is 19.1. The molecule has 0 aliphatic heterocycles. The van der Waals surface area contributed by atoms with Crippen molar-refractivity contribution in [2.75, 3.05) is 10.8 Å². The number of nitrogens with zero attached hydrogens (tertiary/aromatic N) is 2. The van der Waals surface area contributed by atoms with E-state index in [0.717, 1.165) is 41.1 Å². The van der Waals surface area contributed by atoms with E-state index in [0.29, 0.717) is 16.3 Å². The second-order valence-electron chi connectivity index (χ2n) is 10.4. The van der Waals surface area contributed by atoms with Crippen molar-refractivity contribution in [2.24, 2.45) is 0 Å². The maximum Gasteiger partial charge on any atom is 0.264 e. The van der Waals surface area contributed by atoms with E-state index in [4.69, 9.17) is 11.6 Å². The van der Waals surface area contributed by atoms with E-state index in [1.165, 1.54) is 17.0 Å². The van der Waals surface area contributed by atoms with Gasteiger partial charge in [0.2, 0.25) is 11.8 Å². The Labute approximate surface area is 242 Å². The number of rotatable bonds is 10. The number of sulfonamides is 1. The minimum Gasteiger partial charge on any atom is -0.352 e. The van der Waals surface area contributed by atoms with Crippen LogP contribution in [-0.4, -0.2) is 43.8 Å². The van der Waals surface area contributed by atoms with Crippen molar-refractivity contribution in [1.29, 1.82) is 0 Å². The molecule has 3 aromatic rings. The summed E-state index contributed by atoms with van der Waals surface area (Å²) >= 11 is 6.17. The third kappa shape index (κ3) is 7.04. The molecule has 0 radical (unpaired) electrons. The summed E-state index contributed by atoms with van der Waals surface area (Å²) in [7, 11) is -4.12. The standard InChI is InChI=1S/C31H36ClN3O4S/c1-22-10-9-11-25(18-22)20-34(24(3)31(37)33-27-12-7-8-13-27)30(36)21-35(29-17-16-26(32)19-23(29)2)40(38,39)28-14-5-4-6-15-28/h4-6,9-11,14-19,24,27H,7-8,12-13,20-21H2,1-3H3,(H,33,37). The Balaban J connectivity index is 1.70. The monoisotopic (exact) mass is 581 g/mol. The number of hydrogen-bond acceptors (Lipinski definition) is 4. The predicted molar refractivity (Wildman–Crippen MR) is 159 cm³/mol. The van der Waals surface area contributed by atoms with Gasteiger partial charge in [-0.05, 0) is 75.1 Å². The predicted octanol–water partition coefficient (Wildman–Crippen LogP) is 5.63. The average molecular weight is 582 g/mol. The molecule has 0 spiro atoms. The highest BCUT2D eigenvalue weighted by atomic mass is 35.5. The Hall–Kier alpha value is -3.36. The summed E-state index contributed by atoms with van der Waals surface area (Å²) in [6.07, 6.45) is 3.97. The molecule has 3 aromatic carbocycles. The van der Waals surface area contributed by atoms with Gasteiger partial charge in [-0.2, -0.15) is 0 Å². The quantitative estimate of drug-likeness (QED) is 0.336. The summed E-state index contributed by atoms with van der Waals surface area (Å²) in [5.74, 6) is -0.725. The van der Waals surface area contributed by atoms with Crippen molar-refractivity contribution in [2.45, 2.75) is 70.0 Å². The molecule has 212 valence electrons. The van der Waals surface area contributed by atoms with Gasteiger partial charge in [-0.25, -0.2) is 8.42 Å². The molecular formula is C31H36ClN3O4S. The van der Waals surface area contributed by atoms with Crippen LogP contribution in [-0.2, 0) is 26.2 Å². The van der Waals surface area contributed by atoms with Gasteiger partial charge in [-0.15, -0.1) is 0 Å². The Morgan fingerprint density at radius 3 is 2.33 bits per heavy atom. The molecule has 0 saturated heterocycles. The van der Waals surface area contributed by atoms with E-state index in [1.807, 2.05) is 31.2 Å². The molecule has 1 saturated carbocycles. The molecule has 0 aromatic heterocycles. The van der Waals surface area contributed by atoms with Crippen LogP contribution in [0.15, 0.2) is 77.7 Å². The lowest BCUT2D eigenvalue weighted by Gasteiger charge is -2.33. The van der Waals surface area contributed by atoms with E-state index in [1.54, 1.807) is 50.2 Å². The molecule has 0 bridgehead atoms.